The SMILES string of the molecule is O=C1OC(c2cccc(Cl)c2)=N/C1=C/c1ccc(OC(=O)c2ccccc2F)cc1. The van der Waals surface area contributed by atoms with E-state index in [9.17, 15) is 14.0 Å². The summed E-state index contributed by atoms with van der Waals surface area (Å²) in [4.78, 5) is 28.4. The molecule has 5 nitrogen and oxygen atoms in total. The van der Waals surface area contributed by atoms with Crippen molar-refractivity contribution in [2.45, 2.75) is 0 Å². The highest BCUT2D eigenvalue weighted by atomic mass is 35.5. The van der Waals surface area contributed by atoms with Crippen molar-refractivity contribution in [3.63, 3.8) is 0 Å². The van der Waals surface area contributed by atoms with E-state index in [0.29, 0.717) is 16.1 Å². The summed E-state index contributed by atoms with van der Waals surface area (Å²) in [6.45, 7) is 0. The molecule has 1 heterocycles. The fourth-order valence-electron chi connectivity index (χ4n) is 2.73. The zero-order valence-corrected chi connectivity index (χ0v) is 16.1. The molecule has 1 aliphatic rings. The van der Waals surface area contributed by atoms with Crippen LogP contribution in [0.25, 0.3) is 6.08 Å². The minimum Gasteiger partial charge on any atom is -0.423 e. The lowest BCUT2D eigenvalue weighted by molar-refractivity contribution is -0.129. The third kappa shape index (κ3) is 4.29. The molecule has 0 radical (unpaired) electrons. The van der Waals surface area contributed by atoms with Crippen molar-refractivity contribution >= 4 is 35.5 Å². The lowest BCUT2D eigenvalue weighted by Gasteiger charge is -2.05. The predicted molar refractivity (Wildman–Crippen MR) is 110 cm³/mol. The van der Waals surface area contributed by atoms with Gasteiger partial charge in [-0.25, -0.2) is 19.0 Å². The molecule has 0 saturated heterocycles. The Hall–Kier alpha value is -3.77. The Morgan fingerprint density at radius 2 is 1.80 bits per heavy atom. The monoisotopic (exact) mass is 421 g/mol. The number of cyclic esters (lactones) is 1. The maximum absolute atomic E-state index is 13.7. The van der Waals surface area contributed by atoms with Crippen LogP contribution in [0.4, 0.5) is 4.39 Å². The standard InChI is InChI=1S/C23H13ClFNO4/c24-16-5-3-4-15(13-16)21-26-20(23(28)30-21)12-14-8-10-17(11-9-14)29-22(27)18-6-1-2-7-19(18)25/h1-13H/b20-12+. The summed E-state index contributed by atoms with van der Waals surface area (Å²) in [7, 11) is 0. The van der Waals surface area contributed by atoms with Crippen LogP contribution in [0.15, 0.2) is 83.5 Å². The molecule has 0 fully saturated rings. The number of carbonyl (C=O) groups is 2. The molecule has 0 N–H and O–H groups in total. The van der Waals surface area contributed by atoms with Crippen LogP contribution in [0.3, 0.4) is 0 Å². The molecule has 3 aromatic carbocycles. The molecule has 0 unspecified atom stereocenters. The van der Waals surface area contributed by atoms with E-state index in [0.717, 1.165) is 0 Å². The van der Waals surface area contributed by atoms with E-state index in [2.05, 4.69) is 4.99 Å². The number of ether oxygens (including phenoxy) is 2. The molecule has 4 rings (SSSR count). The first-order chi connectivity index (χ1) is 14.5. The van der Waals surface area contributed by atoms with Gasteiger partial charge in [0.2, 0.25) is 5.90 Å². The summed E-state index contributed by atoms with van der Waals surface area (Å²) < 4.78 is 24.1. The quantitative estimate of drug-likeness (QED) is 0.336. The first-order valence-corrected chi connectivity index (χ1v) is 9.23. The molecular formula is C23H13ClFNO4. The van der Waals surface area contributed by atoms with Crippen molar-refractivity contribution < 1.29 is 23.5 Å². The van der Waals surface area contributed by atoms with E-state index < -0.39 is 17.8 Å². The topological polar surface area (TPSA) is 65.0 Å². The number of hydrogen-bond acceptors (Lipinski definition) is 5. The van der Waals surface area contributed by atoms with Crippen molar-refractivity contribution in [2.24, 2.45) is 4.99 Å². The lowest BCUT2D eigenvalue weighted by atomic mass is 10.2. The van der Waals surface area contributed by atoms with E-state index in [1.807, 2.05) is 0 Å². The van der Waals surface area contributed by atoms with Crippen molar-refractivity contribution in [3.8, 4) is 5.75 Å². The van der Waals surface area contributed by atoms with Crippen LogP contribution in [0.5, 0.6) is 5.75 Å². The van der Waals surface area contributed by atoms with E-state index in [4.69, 9.17) is 21.1 Å². The molecule has 148 valence electrons. The summed E-state index contributed by atoms with van der Waals surface area (Å²) in [5.41, 5.74) is 1.21. The van der Waals surface area contributed by atoms with Crippen LogP contribution < -0.4 is 4.74 Å². The highest BCUT2D eigenvalue weighted by molar-refractivity contribution is 6.31. The zero-order valence-electron chi connectivity index (χ0n) is 15.3. The number of carbonyl (C=O) groups excluding carboxylic acids is 2. The number of halogens is 2. The minimum atomic E-state index is -0.797. The van der Waals surface area contributed by atoms with Gasteiger partial charge in [-0.05, 0) is 54.1 Å². The molecule has 0 aliphatic carbocycles. The number of aliphatic imine (C=N–C) groups is 1. The third-order valence-electron chi connectivity index (χ3n) is 4.18. The molecule has 0 bridgehead atoms. The van der Waals surface area contributed by atoms with Crippen LogP contribution in [-0.2, 0) is 9.53 Å². The summed E-state index contributed by atoms with van der Waals surface area (Å²) in [5.74, 6) is -1.63. The molecule has 7 heteroatoms. The third-order valence-corrected chi connectivity index (χ3v) is 4.41. The van der Waals surface area contributed by atoms with Gasteiger partial charge >= 0.3 is 11.9 Å². The fraction of sp³-hybridized carbons (Fsp3) is 0. The Balaban J connectivity index is 1.50. The van der Waals surface area contributed by atoms with Gasteiger partial charge in [0, 0.05) is 10.6 Å². The van der Waals surface area contributed by atoms with Crippen molar-refractivity contribution in [1.29, 1.82) is 0 Å². The second kappa shape index (κ2) is 8.31. The van der Waals surface area contributed by atoms with E-state index in [-0.39, 0.29) is 22.9 Å². The molecule has 1 aliphatic heterocycles. The number of hydrogen-bond donors (Lipinski definition) is 0. The van der Waals surface area contributed by atoms with Gasteiger partial charge in [-0.3, -0.25) is 0 Å². The van der Waals surface area contributed by atoms with Crippen LogP contribution in [0.1, 0.15) is 21.5 Å². The van der Waals surface area contributed by atoms with Gasteiger partial charge in [0.25, 0.3) is 0 Å². The van der Waals surface area contributed by atoms with E-state index in [1.54, 1.807) is 48.5 Å². The summed E-state index contributed by atoms with van der Waals surface area (Å²) in [6.07, 6.45) is 1.54. The number of benzene rings is 3. The van der Waals surface area contributed by atoms with Crippen LogP contribution in [0.2, 0.25) is 5.02 Å². The molecule has 0 amide bonds. The van der Waals surface area contributed by atoms with Crippen LogP contribution >= 0.6 is 11.6 Å². The molecule has 0 atom stereocenters. The molecular weight excluding hydrogens is 409 g/mol. The molecule has 30 heavy (non-hydrogen) atoms. The second-order valence-electron chi connectivity index (χ2n) is 6.28. The van der Waals surface area contributed by atoms with Crippen molar-refractivity contribution in [2.75, 3.05) is 0 Å². The zero-order chi connectivity index (χ0) is 21.1. The predicted octanol–water partition coefficient (Wildman–Crippen LogP) is 5.04. The first-order valence-electron chi connectivity index (χ1n) is 8.85. The maximum atomic E-state index is 13.7. The Labute approximate surface area is 176 Å². The highest BCUT2D eigenvalue weighted by Gasteiger charge is 2.24. The molecule has 0 aromatic heterocycles. The van der Waals surface area contributed by atoms with Gasteiger partial charge in [-0.2, -0.15) is 0 Å². The smallest absolute Gasteiger partial charge is 0.363 e. The van der Waals surface area contributed by atoms with Gasteiger partial charge in [-0.1, -0.05) is 41.9 Å². The Bertz CT molecular complexity index is 1200. The van der Waals surface area contributed by atoms with Crippen molar-refractivity contribution in [1.82, 2.24) is 0 Å². The molecule has 0 saturated carbocycles. The summed E-state index contributed by atoms with van der Waals surface area (Å²) >= 11 is 5.96. The number of rotatable bonds is 4. The average Bonchev–Trinajstić information content (AvgIpc) is 3.10. The summed E-state index contributed by atoms with van der Waals surface area (Å²) in [6, 6.07) is 18.7. The van der Waals surface area contributed by atoms with Gasteiger partial charge in [0.1, 0.15) is 11.6 Å². The lowest BCUT2D eigenvalue weighted by Crippen LogP contribution is -2.10. The van der Waals surface area contributed by atoms with Gasteiger partial charge in [0.15, 0.2) is 5.70 Å². The van der Waals surface area contributed by atoms with Crippen molar-refractivity contribution in [3.05, 3.63) is 106 Å². The van der Waals surface area contributed by atoms with Gasteiger partial charge in [0.05, 0.1) is 5.56 Å². The maximum Gasteiger partial charge on any atom is 0.363 e. The highest BCUT2D eigenvalue weighted by Crippen LogP contribution is 2.22. The molecule has 3 aromatic rings. The largest absolute Gasteiger partial charge is 0.423 e. The number of esters is 2. The first kappa shape index (κ1) is 19.5. The van der Waals surface area contributed by atoms with Crippen LogP contribution in [0, 0.1) is 5.82 Å². The average molecular weight is 422 g/mol. The fourth-order valence-corrected chi connectivity index (χ4v) is 2.92. The Kier molecular flexibility index (Phi) is 5.41. The van der Waals surface area contributed by atoms with Crippen LogP contribution in [-0.4, -0.2) is 17.8 Å². The number of nitrogens with zero attached hydrogens (tertiary/aromatic N) is 1. The van der Waals surface area contributed by atoms with Gasteiger partial charge < -0.3 is 9.47 Å². The minimum absolute atomic E-state index is 0.126. The normalized spacial score (nSPS) is 14.4. The van der Waals surface area contributed by atoms with Gasteiger partial charge in [-0.15, -0.1) is 0 Å². The van der Waals surface area contributed by atoms with E-state index >= 15 is 0 Å². The van der Waals surface area contributed by atoms with E-state index in [1.165, 1.54) is 30.3 Å². The Morgan fingerprint density at radius 3 is 2.53 bits per heavy atom. The Morgan fingerprint density at radius 1 is 1.03 bits per heavy atom. The second-order valence-corrected chi connectivity index (χ2v) is 6.72. The summed E-state index contributed by atoms with van der Waals surface area (Å²) in [5, 5.41) is 0.504. The molecule has 0 spiro atoms.